The number of aliphatic hydroxyl groups is 1. The summed E-state index contributed by atoms with van der Waals surface area (Å²) in [6, 6.07) is 11.8. The molecule has 60 valence electrons. The Morgan fingerprint density at radius 1 is 1.17 bits per heavy atom. The van der Waals surface area contributed by atoms with Gasteiger partial charge in [0.05, 0.1) is 7.98 Å². The molecule has 0 saturated heterocycles. The van der Waals surface area contributed by atoms with Crippen LogP contribution in [0, 0.1) is 0 Å². The Labute approximate surface area is 72.7 Å². The van der Waals surface area contributed by atoms with Crippen LogP contribution in [0.3, 0.4) is 0 Å². The van der Waals surface area contributed by atoms with Gasteiger partial charge in [-0.1, -0.05) is 42.4 Å². The van der Waals surface area contributed by atoms with Gasteiger partial charge >= 0.3 is 0 Å². The minimum absolute atomic E-state index is 0.0693. The van der Waals surface area contributed by atoms with Gasteiger partial charge in [-0.05, 0) is 16.3 Å². The number of fused-ring (bicyclic) bond motifs is 1. The highest BCUT2D eigenvalue weighted by molar-refractivity contribution is 5.85. The van der Waals surface area contributed by atoms with Crippen LogP contribution in [0.25, 0.3) is 10.8 Å². The third-order valence-corrected chi connectivity index (χ3v) is 1.96. The summed E-state index contributed by atoms with van der Waals surface area (Å²) >= 11 is 0. The summed E-state index contributed by atoms with van der Waals surface area (Å²) in [5.74, 6) is 0. The van der Waals surface area contributed by atoms with Crippen molar-refractivity contribution in [3.8, 4) is 0 Å². The molecule has 0 heterocycles. The smallest absolute Gasteiger partial charge is 0.0687 e. The molecule has 0 atom stereocenters. The van der Waals surface area contributed by atoms with Crippen LogP contribution in [-0.4, -0.2) is 5.11 Å². The molecule has 12 heavy (non-hydrogen) atoms. The van der Waals surface area contributed by atoms with E-state index in [0.717, 1.165) is 10.8 Å². The molecule has 2 aromatic carbocycles. The molecular weight excluding hydrogens is 148 g/mol. The maximum absolute atomic E-state index is 9.10. The summed E-state index contributed by atoms with van der Waals surface area (Å²) in [5.41, 5.74) is 0.707. The van der Waals surface area contributed by atoms with Crippen LogP contribution in [-0.2, 0) is 6.61 Å². The minimum Gasteiger partial charge on any atom is -0.392 e. The lowest BCUT2D eigenvalue weighted by atomic mass is 10.1. The van der Waals surface area contributed by atoms with E-state index in [1.807, 2.05) is 30.3 Å². The van der Waals surface area contributed by atoms with E-state index in [2.05, 4.69) is 0 Å². The standard InChI is InChI=1S/C11H10O/c12-8-10-6-3-5-9-4-1-2-7-11(9)10/h1-7,12H,8H2/i6D. The highest BCUT2D eigenvalue weighted by atomic mass is 16.3. The van der Waals surface area contributed by atoms with E-state index >= 15 is 0 Å². The van der Waals surface area contributed by atoms with E-state index in [9.17, 15) is 0 Å². The van der Waals surface area contributed by atoms with E-state index in [1.54, 1.807) is 6.07 Å². The fraction of sp³-hybridized carbons (Fsp3) is 0.0909. The Balaban J connectivity index is 2.84. The second-order valence-electron chi connectivity index (χ2n) is 2.70. The number of hydrogen-bond acceptors (Lipinski definition) is 1. The average molecular weight is 159 g/mol. The van der Waals surface area contributed by atoms with Gasteiger partial charge in [-0.3, -0.25) is 0 Å². The van der Waals surface area contributed by atoms with Crippen molar-refractivity contribution in [2.45, 2.75) is 6.61 Å². The molecule has 1 nitrogen and oxygen atoms in total. The molecule has 0 aliphatic carbocycles. The highest BCUT2D eigenvalue weighted by Crippen LogP contribution is 2.17. The Kier molecular flexibility index (Phi) is 1.53. The number of rotatable bonds is 1. The molecule has 2 aromatic rings. The van der Waals surface area contributed by atoms with Crippen molar-refractivity contribution in [2.24, 2.45) is 0 Å². The monoisotopic (exact) mass is 159 g/mol. The van der Waals surface area contributed by atoms with Gasteiger partial charge in [-0.15, -0.1) is 0 Å². The first-order valence-corrected chi connectivity index (χ1v) is 3.91. The van der Waals surface area contributed by atoms with Crippen molar-refractivity contribution in [3.05, 3.63) is 48.0 Å². The molecule has 0 spiro atoms. The van der Waals surface area contributed by atoms with Crippen molar-refractivity contribution in [1.29, 1.82) is 0 Å². The second-order valence-corrected chi connectivity index (χ2v) is 2.70. The Morgan fingerprint density at radius 2 is 1.92 bits per heavy atom. The van der Waals surface area contributed by atoms with Crippen molar-refractivity contribution in [2.75, 3.05) is 0 Å². The van der Waals surface area contributed by atoms with Gasteiger partial charge < -0.3 is 5.11 Å². The summed E-state index contributed by atoms with van der Waals surface area (Å²) in [5, 5.41) is 11.1. The van der Waals surface area contributed by atoms with Gasteiger partial charge in [0.1, 0.15) is 0 Å². The Morgan fingerprint density at radius 3 is 2.75 bits per heavy atom. The number of aliphatic hydroxyl groups excluding tert-OH is 1. The third kappa shape index (κ3) is 1.08. The van der Waals surface area contributed by atoms with E-state index in [0.29, 0.717) is 11.6 Å². The van der Waals surface area contributed by atoms with Crippen molar-refractivity contribution in [3.63, 3.8) is 0 Å². The minimum atomic E-state index is -0.0693. The first-order valence-electron chi connectivity index (χ1n) is 4.41. The lowest BCUT2D eigenvalue weighted by molar-refractivity contribution is 0.283. The van der Waals surface area contributed by atoms with E-state index in [4.69, 9.17) is 6.48 Å². The molecule has 0 unspecified atom stereocenters. The Bertz CT molecular complexity index is 437. The van der Waals surface area contributed by atoms with Crippen LogP contribution < -0.4 is 0 Å². The molecule has 0 bridgehead atoms. The molecule has 1 heteroatoms. The summed E-state index contributed by atoms with van der Waals surface area (Å²) in [7, 11) is 0. The molecule has 0 radical (unpaired) electrons. The van der Waals surface area contributed by atoms with Crippen molar-refractivity contribution in [1.82, 2.24) is 0 Å². The summed E-state index contributed by atoms with van der Waals surface area (Å²) in [6.07, 6.45) is 0. The maximum Gasteiger partial charge on any atom is 0.0687 e. The zero-order chi connectivity index (χ0) is 9.26. The van der Waals surface area contributed by atoms with Crippen LogP contribution in [0.1, 0.15) is 6.93 Å². The van der Waals surface area contributed by atoms with E-state index in [-0.39, 0.29) is 6.61 Å². The number of benzene rings is 2. The third-order valence-electron chi connectivity index (χ3n) is 1.96. The normalized spacial score (nSPS) is 11.6. The predicted molar refractivity (Wildman–Crippen MR) is 49.9 cm³/mol. The van der Waals surface area contributed by atoms with Gasteiger partial charge in [0.15, 0.2) is 0 Å². The fourth-order valence-corrected chi connectivity index (χ4v) is 1.36. The lowest BCUT2D eigenvalue weighted by Crippen LogP contribution is -1.84. The van der Waals surface area contributed by atoms with E-state index < -0.39 is 0 Å². The summed E-state index contributed by atoms with van der Waals surface area (Å²) < 4.78 is 7.59. The SMILES string of the molecule is [2H]c1ccc2ccccc2c1CO. The molecule has 1 N–H and O–H groups in total. The Hall–Kier alpha value is -1.34. The molecule has 2 rings (SSSR count). The van der Waals surface area contributed by atoms with Gasteiger partial charge in [0, 0.05) is 0 Å². The fourth-order valence-electron chi connectivity index (χ4n) is 1.36. The topological polar surface area (TPSA) is 20.2 Å². The van der Waals surface area contributed by atoms with Crippen molar-refractivity contribution < 1.29 is 6.48 Å². The van der Waals surface area contributed by atoms with Gasteiger partial charge in [0.25, 0.3) is 0 Å². The molecule has 0 aromatic heterocycles. The van der Waals surface area contributed by atoms with E-state index in [1.165, 1.54) is 0 Å². The van der Waals surface area contributed by atoms with Crippen LogP contribution in [0.4, 0.5) is 0 Å². The largest absolute Gasteiger partial charge is 0.392 e. The number of hydrogen-bond donors (Lipinski definition) is 1. The first-order chi connectivity index (χ1) is 6.33. The predicted octanol–water partition coefficient (Wildman–Crippen LogP) is 2.33. The zero-order valence-corrected chi connectivity index (χ0v) is 6.62. The van der Waals surface area contributed by atoms with Crippen LogP contribution in [0.5, 0.6) is 0 Å². The van der Waals surface area contributed by atoms with Gasteiger partial charge in [-0.2, -0.15) is 0 Å². The maximum atomic E-state index is 9.10. The quantitative estimate of drug-likeness (QED) is 0.677. The second kappa shape index (κ2) is 2.95. The van der Waals surface area contributed by atoms with Crippen LogP contribution in [0.15, 0.2) is 42.4 Å². The summed E-state index contributed by atoms with van der Waals surface area (Å²) in [4.78, 5) is 0. The molecule has 0 amide bonds. The highest BCUT2D eigenvalue weighted by Gasteiger charge is 1.96. The molecule has 0 aliphatic heterocycles. The lowest BCUT2D eigenvalue weighted by Gasteiger charge is -2.01. The average Bonchev–Trinajstić information content (AvgIpc) is 2.18. The molecule has 0 aliphatic rings. The molecule has 0 fully saturated rings. The van der Waals surface area contributed by atoms with Crippen LogP contribution in [0.2, 0.25) is 0 Å². The zero-order valence-electron chi connectivity index (χ0n) is 7.62. The van der Waals surface area contributed by atoms with Gasteiger partial charge in [-0.25, -0.2) is 0 Å². The molecular formula is C11H10O. The van der Waals surface area contributed by atoms with Crippen LogP contribution >= 0.6 is 0 Å². The first kappa shape index (κ1) is 6.21. The van der Waals surface area contributed by atoms with Crippen molar-refractivity contribution >= 4 is 10.8 Å². The summed E-state index contributed by atoms with van der Waals surface area (Å²) in [6.45, 7) is -0.0693. The van der Waals surface area contributed by atoms with Gasteiger partial charge in [0.2, 0.25) is 0 Å². The molecule has 0 saturated carbocycles.